The third-order valence-electron chi connectivity index (χ3n) is 4.93. The normalized spacial score (nSPS) is 30.3. The maximum absolute atomic E-state index is 3.66. The molecule has 2 aliphatic rings. The number of fused-ring (bicyclic) bond motifs is 1. The van der Waals surface area contributed by atoms with E-state index in [9.17, 15) is 0 Å². The molecule has 106 valence electrons. The van der Waals surface area contributed by atoms with Crippen LogP contribution in [0.3, 0.4) is 0 Å². The lowest BCUT2D eigenvalue weighted by molar-refractivity contribution is 0.0625. The molecule has 0 bridgehead atoms. The van der Waals surface area contributed by atoms with Crippen molar-refractivity contribution in [3.63, 3.8) is 0 Å². The van der Waals surface area contributed by atoms with E-state index in [1.54, 1.807) is 0 Å². The van der Waals surface area contributed by atoms with Crippen molar-refractivity contribution in [1.29, 1.82) is 0 Å². The Hall–Kier alpha value is -0.0800. The van der Waals surface area contributed by atoms with Gasteiger partial charge in [-0.15, -0.1) is 0 Å². The van der Waals surface area contributed by atoms with Crippen molar-refractivity contribution >= 4 is 0 Å². The molecule has 0 aromatic carbocycles. The molecule has 0 radical (unpaired) electrons. The van der Waals surface area contributed by atoms with Gasteiger partial charge in [-0.05, 0) is 57.5 Å². The highest BCUT2D eigenvalue weighted by Crippen LogP contribution is 2.38. The highest BCUT2D eigenvalue weighted by atomic mass is 15.2. The fraction of sp³-hybridized carbons (Fsp3) is 1.00. The molecule has 1 N–H and O–H groups in total. The SMILES string of the molecule is CCCNCC(CCC)N1CCCC2CCCC21. The van der Waals surface area contributed by atoms with E-state index in [2.05, 4.69) is 24.1 Å². The van der Waals surface area contributed by atoms with E-state index < -0.39 is 0 Å². The first-order valence-electron chi connectivity index (χ1n) is 8.33. The molecule has 0 aromatic rings. The van der Waals surface area contributed by atoms with Crippen LogP contribution in [0.4, 0.5) is 0 Å². The van der Waals surface area contributed by atoms with Gasteiger partial charge in [-0.3, -0.25) is 4.90 Å². The van der Waals surface area contributed by atoms with Crippen LogP contribution >= 0.6 is 0 Å². The summed E-state index contributed by atoms with van der Waals surface area (Å²) < 4.78 is 0. The molecule has 0 amide bonds. The Morgan fingerprint density at radius 2 is 1.94 bits per heavy atom. The highest BCUT2D eigenvalue weighted by Gasteiger charge is 2.37. The van der Waals surface area contributed by atoms with Crippen LogP contribution in [0.2, 0.25) is 0 Å². The van der Waals surface area contributed by atoms with Gasteiger partial charge in [-0.1, -0.05) is 26.7 Å². The number of likely N-dealkylation sites (tertiary alicyclic amines) is 1. The van der Waals surface area contributed by atoms with Crippen molar-refractivity contribution in [2.45, 2.75) is 77.3 Å². The maximum atomic E-state index is 3.66. The Morgan fingerprint density at radius 1 is 1.11 bits per heavy atom. The van der Waals surface area contributed by atoms with Gasteiger partial charge in [0.15, 0.2) is 0 Å². The second-order valence-electron chi connectivity index (χ2n) is 6.29. The average Bonchev–Trinajstić information content (AvgIpc) is 2.86. The summed E-state index contributed by atoms with van der Waals surface area (Å²) in [6.45, 7) is 8.35. The van der Waals surface area contributed by atoms with Gasteiger partial charge in [0.1, 0.15) is 0 Å². The fourth-order valence-electron chi connectivity index (χ4n) is 4.11. The Labute approximate surface area is 114 Å². The molecule has 3 unspecified atom stereocenters. The number of rotatable bonds is 7. The summed E-state index contributed by atoms with van der Waals surface area (Å²) in [6, 6.07) is 1.73. The molecule has 2 rings (SSSR count). The number of piperidine rings is 1. The maximum Gasteiger partial charge on any atom is 0.0223 e. The lowest BCUT2D eigenvalue weighted by atomic mass is 9.90. The number of nitrogens with zero attached hydrogens (tertiary/aromatic N) is 1. The smallest absolute Gasteiger partial charge is 0.0223 e. The molecule has 3 atom stereocenters. The zero-order chi connectivity index (χ0) is 12.8. The minimum atomic E-state index is 0.799. The standard InChI is InChI=1S/C16H32N2/c1-3-7-15(13-17-11-4-2)18-12-6-9-14-8-5-10-16(14)18/h14-17H,3-13H2,1-2H3. The van der Waals surface area contributed by atoms with Crippen LogP contribution < -0.4 is 5.32 Å². The summed E-state index contributed by atoms with van der Waals surface area (Å²) in [5.74, 6) is 1.03. The predicted molar refractivity (Wildman–Crippen MR) is 78.9 cm³/mol. The van der Waals surface area contributed by atoms with Crippen LogP contribution in [-0.2, 0) is 0 Å². The molecular weight excluding hydrogens is 220 g/mol. The second-order valence-corrected chi connectivity index (χ2v) is 6.29. The van der Waals surface area contributed by atoms with E-state index in [4.69, 9.17) is 0 Å². The summed E-state index contributed by atoms with van der Waals surface area (Å²) >= 11 is 0. The fourth-order valence-corrected chi connectivity index (χ4v) is 4.11. The van der Waals surface area contributed by atoms with E-state index in [0.717, 1.165) is 18.0 Å². The third kappa shape index (κ3) is 3.48. The zero-order valence-corrected chi connectivity index (χ0v) is 12.5. The van der Waals surface area contributed by atoms with E-state index >= 15 is 0 Å². The first-order valence-corrected chi connectivity index (χ1v) is 8.33. The van der Waals surface area contributed by atoms with Gasteiger partial charge in [0.25, 0.3) is 0 Å². The van der Waals surface area contributed by atoms with Crippen molar-refractivity contribution in [2.24, 2.45) is 5.92 Å². The molecule has 2 nitrogen and oxygen atoms in total. The van der Waals surface area contributed by atoms with E-state index in [-0.39, 0.29) is 0 Å². The summed E-state index contributed by atoms with van der Waals surface area (Å²) in [4.78, 5) is 2.88. The molecule has 1 saturated carbocycles. The molecule has 18 heavy (non-hydrogen) atoms. The summed E-state index contributed by atoms with van der Waals surface area (Å²) in [6.07, 6.45) is 11.4. The van der Waals surface area contributed by atoms with Crippen molar-refractivity contribution in [3.8, 4) is 0 Å². The molecule has 1 saturated heterocycles. The lowest BCUT2D eigenvalue weighted by Crippen LogP contribution is -2.51. The molecule has 0 aromatic heterocycles. The van der Waals surface area contributed by atoms with Gasteiger partial charge in [0.05, 0.1) is 0 Å². The zero-order valence-electron chi connectivity index (χ0n) is 12.5. The van der Waals surface area contributed by atoms with Crippen molar-refractivity contribution in [3.05, 3.63) is 0 Å². The quantitative estimate of drug-likeness (QED) is 0.698. The van der Waals surface area contributed by atoms with Crippen LogP contribution in [0.5, 0.6) is 0 Å². The molecule has 1 aliphatic carbocycles. The molecule has 1 heterocycles. The molecular formula is C16H32N2. The topological polar surface area (TPSA) is 15.3 Å². The van der Waals surface area contributed by atoms with Crippen LogP contribution in [0.15, 0.2) is 0 Å². The van der Waals surface area contributed by atoms with E-state index in [0.29, 0.717) is 0 Å². The summed E-state index contributed by atoms with van der Waals surface area (Å²) in [7, 11) is 0. The minimum absolute atomic E-state index is 0.799. The van der Waals surface area contributed by atoms with Crippen LogP contribution in [0.1, 0.15) is 65.2 Å². The number of hydrogen-bond acceptors (Lipinski definition) is 2. The van der Waals surface area contributed by atoms with Crippen LogP contribution in [0.25, 0.3) is 0 Å². The monoisotopic (exact) mass is 252 g/mol. The van der Waals surface area contributed by atoms with E-state index in [1.807, 2.05) is 0 Å². The summed E-state index contributed by atoms with van der Waals surface area (Å²) in [5, 5.41) is 3.66. The molecule has 0 spiro atoms. The van der Waals surface area contributed by atoms with Crippen molar-refractivity contribution < 1.29 is 0 Å². The largest absolute Gasteiger partial charge is 0.315 e. The molecule has 2 heteroatoms. The van der Waals surface area contributed by atoms with Gasteiger partial charge in [-0.25, -0.2) is 0 Å². The highest BCUT2D eigenvalue weighted by molar-refractivity contribution is 4.92. The Balaban J connectivity index is 1.90. The lowest BCUT2D eigenvalue weighted by Gasteiger charge is -2.43. The first-order chi connectivity index (χ1) is 8.86. The third-order valence-corrected chi connectivity index (χ3v) is 4.93. The minimum Gasteiger partial charge on any atom is -0.315 e. The molecule has 2 fully saturated rings. The molecule has 1 aliphatic heterocycles. The van der Waals surface area contributed by atoms with Gasteiger partial charge < -0.3 is 5.32 Å². The van der Waals surface area contributed by atoms with Crippen LogP contribution in [0, 0.1) is 5.92 Å². The Bertz CT molecular complexity index is 229. The Kier molecular flexibility index (Phi) is 5.97. The Morgan fingerprint density at radius 3 is 2.72 bits per heavy atom. The first kappa shape index (κ1) is 14.3. The van der Waals surface area contributed by atoms with Gasteiger partial charge in [0.2, 0.25) is 0 Å². The van der Waals surface area contributed by atoms with Gasteiger partial charge in [0, 0.05) is 18.6 Å². The summed E-state index contributed by atoms with van der Waals surface area (Å²) in [5.41, 5.74) is 0. The van der Waals surface area contributed by atoms with E-state index in [1.165, 1.54) is 71.0 Å². The van der Waals surface area contributed by atoms with Crippen molar-refractivity contribution in [2.75, 3.05) is 19.6 Å². The van der Waals surface area contributed by atoms with Crippen LogP contribution in [-0.4, -0.2) is 36.6 Å². The second kappa shape index (κ2) is 7.49. The average molecular weight is 252 g/mol. The van der Waals surface area contributed by atoms with Gasteiger partial charge >= 0.3 is 0 Å². The number of nitrogens with one attached hydrogen (secondary N) is 1. The van der Waals surface area contributed by atoms with Crippen molar-refractivity contribution in [1.82, 2.24) is 10.2 Å². The van der Waals surface area contributed by atoms with Gasteiger partial charge in [-0.2, -0.15) is 0 Å². The number of hydrogen-bond donors (Lipinski definition) is 1. The predicted octanol–water partition coefficient (Wildman–Crippen LogP) is 3.42.